The molecule has 8 heavy (non-hydrogen) atoms. The Morgan fingerprint density at radius 3 is 2.75 bits per heavy atom. The van der Waals surface area contributed by atoms with Crippen LogP contribution < -0.4 is 5.32 Å². The van der Waals surface area contributed by atoms with Crippen molar-refractivity contribution in [2.45, 2.75) is 0 Å². The predicted octanol–water partition coefficient (Wildman–Crippen LogP) is -0.0925. The van der Waals surface area contributed by atoms with Crippen molar-refractivity contribution in [1.82, 2.24) is 5.32 Å². The summed E-state index contributed by atoms with van der Waals surface area (Å²) < 4.78 is 0. The normalized spacial score (nSPS) is 9.25. The van der Waals surface area contributed by atoms with E-state index in [0.29, 0.717) is 6.54 Å². The van der Waals surface area contributed by atoms with Gasteiger partial charge in [0.05, 0.1) is 6.54 Å². The first kappa shape index (κ1) is 8.41. The molecule has 0 aromatic heterocycles. The summed E-state index contributed by atoms with van der Waals surface area (Å²) in [6.45, 7) is 1.23. The lowest BCUT2D eigenvalue weighted by molar-refractivity contribution is -0.110. The van der Waals surface area contributed by atoms with Gasteiger partial charge in [0.2, 0.25) is 0 Å². The van der Waals surface area contributed by atoms with Gasteiger partial charge in [0.15, 0.2) is 5.52 Å². The van der Waals surface area contributed by atoms with Gasteiger partial charge in [-0.05, 0) is 0 Å². The molecule has 0 fully saturated rings. The lowest BCUT2D eigenvalue weighted by Crippen LogP contribution is -2.21. The highest BCUT2D eigenvalue weighted by Gasteiger charge is 1.87. The molecule has 1 unspecified atom stereocenters. The van der Waals surface area contributed by atoms with Gasteiger partial charge in [0.25, 0.3) is 0 Å². The number of carbonyl (C=O) groups excluding carboxylic acids is 1. The predicted molar refractivity (Wildman–Crippen MR) is 41.4 cm³/mol. The number of hydrogen-bond donors (Lipinski definition) is 2. The second-order valence-corrected chi connectivity index (χ2v) is 2.46. The highest BCUT2D eigenvalue weighted by Crippen LogP contribution is 1.79. The molecule has 2 nitrogen and oxygen atoms in total. The van der Waals surface area contributed by atoms with Gasteiger partial charge in [-0.3, -0.25) is 4.79 Å². The molecular formula is C4H10NOPS. The van der Waals surface area contributed by atoms with Gasteiger partial charge >= 0.3 is 0 Å². The average molecular weight is 151 g/mol. The van der Waals surface area contributed by atoms with Crippen molar-refractivity contribution in [3.05, 3.63) is 0 Å². The Labute approximate surface area is 57.0 Å². The maximum atomic E-state index is 10.2. The zero-order valence-electron chi connectivity index (χ0n) is 4.55. The fraction of sp³-hybridized carbons (Fsp3) is 0.750. The van der Waals surface area contributed by atoms with Crippen LogP contribution in [0, 0.1) is 0 Å². The van der Waals surface area contributed by atoms with Crippen LogP contribution in [0.1, 0.15) is 0 Å². The molecule has 0 spiro atoms. The van der Waals surface area contributed by atoms with Crippen LogP contribution in [-0.2, 0) is 4.79 Å². The van der Waals surface area contributed by atoms with Gasteiger partial charge in [0.1, 0.15) is 0 Å². The summed E-state index contributed by atoms with van der Waals surface area (Å²) in [6, 6.07) is 0. The summed E-state index contributed by atoms with van der Waals surface area (Å²) in [5.74, 6) is 0.776. The first-order valence-electron chi connectivity index (χ1n) is 2.37. The van der Waals surface area contributed by atoms with Crippen molar-refractivity contribution in [2.75, 3.05) is 18.8 Å². The maximum absolute atomic E-state index is 10.2. The fourth-order valence-electron chi connectivity index (χ4n) is 0.291. The molecule has 0 heterocycles. The maximum Gasteiger partial charge on any atom is 0.161 e. The van der Waals surface area contributed by atoms with E-state index in [1.165, 1.54) is 0 Å². The highest BCUT2D eigenvalue weighted by molar-refractivity contribution is 7.80. The minimum Gasteiger partial charge on any atom is -0.309 e. The largest absolute Gasteiger partial charge is 0.309 e. The van der Waals surface area contributed by atoms with Gasteiger partial charge < -0.3 is 5.32 Å². The minimum absolute atomic E-state index is 0.0896. The van der Waals surface area contributed by atoms with E-state index in [0.717, 1.165) is 12.3 Å². The molecule has 0 aromatic carbocycles. The molecule has 48 valence electrons. The number of rotatable bonds is 4. The SMILES string of the molecule is O=C(P)CNCCS. The summed E-state index contributed by atoms with van der Waals surface area (Å²) >= 11 is 3.94. The van der Waals surface area contributed by atoms with Crippen LogP contribution in [0.3, 0.4) is 0 Å². The highest BCUT2D eigenvalue weighted by atomic mass is 32.1. The Bertz CT molecular complexity index is 78.4. The molecule has 0 amide bonds. The van der Waals surface area contributed by atoms with Gasteiger partial charge in [-0.25, -0.2) is 0 Å². The Hall–Kier alpha value is 0.410. The molecule has 0 saturated carbocycles. The van der Waals surface area contributed by atoms with Crippen molar-refractivity contribution < 1.29 is 4.79 Å². The first-order valence-corrected chi connectivity index (χ1v) is 3.58. The van der Waals surface area contributed by atoms with E-state index in [2.05, 4.69) is 27.2 Å². The van der Waals surface area contributed by atoms with E-state index in [1.807, 2.05) is 0 Å². The zero-order chi connectivity index (χ0) is 6.41. The quantitative estimate of drug-likeness (QED) is 0.334. The smallest absolute Gasteiger partial charge is 0.161 e. The van der Waals surface area contributed by atoms with Crippen LogP contribution in [0.5, 0.6) is 0 Å². The van der Waals surface area contributed by atoms with E-state index in [4.69, 9.17) is 0 Å². The Morgan fingerprint density at radius 2 is 2.38 bits per heavy atom. The van der Waals surface area contributed by atoms with Crippen molar-refractivity contribution in [2.24, 2.45) is 0 Å². The topological polar surface area (TPSA) is 29.1 Å². The van der Waals surface area contributed by atoms with Crippen molar-refractivity contribution in [3.63, 3.8) is 0 Å². The second kappa shape index (κ2) is 5.54. The second-order valence-electron chi connectivity index (χ2n) is 1.37. The minimum atomic E-state index is 0.0896. The van der Waals surface area contributed by atoms with Crippen molar-refractivity contribution in [3.8, 4) is 0 Å². The molecule has 4 heteroatoms. The lowest BCUT2D eigenvalue weighted by atomic mass is 10.6. The monoisotopic (exact) mass is 151 g/mol. The Balaban J connectivity index is 2.82. The lowest BCUT2D eigenvalue weighted by Gasteiger charge is -1.94. The molecule has 0 aliphatic heterocycles. The molecule has 0 rings (SSSR count). The Kier molecular flexibility index (Phi) is 5.83. The summed E-state index contributed by atoms with van der Waals surface area (Å²) in [7, 11) is 2.10. The standard InChI is InChI=1S/C4H10NOPS/c6-4(7)3-5-1-2-8/h5,8H,1-3,7H2. The fourth-order valence-corrected chi connectivity index (χ4v) is 0.593. The summed E-state index contributed by atoms with van der Waals surface area (Å²) in [5, 5.41) is 2.89. The van der Waals surface area contributed by atoms with Crippen molar-refractivity contribution >= 4 is 27.4 Å². The molecule has 1 N–H and O–H groups in total. The van der Waals surface area contributed by atoms with Gasteiger partial charge in [-0.15, -0.1) is 0 Å². The number of carbonyl (C=O) groups is 1. The third kappa shape index (κ3) is 6.41. The summed E-state index contributed by atoms with van der Waals surface area (Å²) in [5.41, 5.74) is 0.0896. The molecule has 0 saturated heterocycles. The van der Waals surface area contributed by atoms with E-state index in [-0.39, 0.29) is 5.52 Å². The molecule has 0 bridgehead atoms. The van der Waals surface area contributed by atoms with Crippen LogP contribution in [-0.4, -0.2) is 24.4 Å². The molecule has 1 atom stereocenters. The van der Waals surface area contributed by atoms with E-state index in [1.54, 1.807) is 0 Å². The van der Waals surface area contributed by atoms with E-state index < -0.39 is 0 Å². The van der Waals surface area contributed by atoms with E-state index >= 15 is 0 Å². The van der Waals surface area contributed by atoms with Crippen LogP contribution in [0.25, 0.3) is 0 Å². The zero-order valence-corrected chi connectivity index (χ0v) is 6.60. The molecule has 0 aromatic rings. The third-order valence-electron chi connectivity index (χ3n) is 0.588. The molecule has 0 radical (unpaired) electrons. The number of hydrogen-bond acceptors (Lipinski definition) is 3. The molecule has 0 aliphatic carbocycles. The van der Waals surface area contributed by atoms with Crippen LogP contribution >= 0.6 is 21.9 Å². The van der Waals surface area contributed by atoms with Crippen LogP contribution in [0.2, 0.25) is 0 Å². The van der Waals surface area contributed by atoms with Gasteiger partial charge in [-0.1, -0.05) is 9.24 Å². The number of nitrogens with one attached hydrogen (secondary N) is 1. The van der Waals surface area contributed by atoms with Gasteiger partial charge in [0, 0.05) is 12.3 Å². The average Bonchev–Trinajstić information content (AvgIpc) is 1.66. The van der Waals surface area contributed by atoms with Crippen LogP contribution in [0.4, 0.5) is 0 Å². The number of thiol groups is 1. The third-order valence-corrected chi connectivity index (χ3v) is 1.02. The molecular weight excluding hydrogens is 141 g/mol. The first-order chi connectivity index (χ1) is 3.77. The van der Waals surface area contributed by atoms with Crippen molar-refractivity contribution in [1.29, 1.82) is 0 Å². The Morgan fingerprint density at radius 1 is 1.75 bits per heavy atom. The van der Waals surface area contributed by atoms with Crippen LogP contribution in [0.15, 0.2) is 0 Å². The summed E-state index contributed by atoms with van der Waals surface area (Å²) in [4.78, 5) is 10.2. The van der Waals surface area contributed by atoms with Gasteiger partial charge in [-0.2, -0.15) is 12.6 Å². The molecule has 0 aliphatic rings. The summed E-state index contributed by atoms with van der Waals surface area (Å²) in [6.07, 6.45) is 0. The van der Waals surface area contributed by atoms with E-state index in [9.17, 15) is 4.79 Å².